The molecule has 0 saturated heterocycles. The summed E-state index contributed by atoms with van der Waals surface area (Å²) in [5, 5.41) is 3.60. The minimum Gasteiger partial charge on any atom is -0.416 e. The molecule has 3 aromatic rings. The van der Waals surface area contributed by atoms with E-state index < -0.39 is 8.32 Å². The Morgan fingerprint density at radius 1 is 1.06 bits per heavy atom. The van der Waals surface area contributed by atoms with Crippen molar-refractivity contribution in [3.05, 3.63) is 52.1 Å². The Kier molecular flexibility index (Phi) is 6.77. The van der Waals surface area contributed by atoms with E-state index in [1.807, 2.05) is 36.4 Å². The summed E-state index contributed by atoms with van der Waals surface area (Å²) in [6, 6.07) is 11.5. The highest BCUT2D eigenvalue weighted by molar-refractivity contribution is 9.10. The van der Waals surface area contributed by atoms with Crippen molar-refractivity contribution in [2.75, 3.05) is 11.9 Å². The van der Waals surface area contributed by atoms with Crippen molar-refractivity contribution in [2.45, 2.75) is 58.2 Å². The van der Waals surface area contributed by atoms with Crippen molar-refractivity contribution < 1.29 is 9.22 Å². The molecular formula is C23H30BrN3O2SSi. The highest BCUT2D eigenvalue weighted by Crippen LogP contribution is 2.38. The van der Waals surface area contributed by atoms with E-state index >= 15 is 0 Å². The van der Waals surface area contributed by atoms with Crippen LogP contribution in [-0.4, -0.2) is 30.8 Å². The zero-order valence-electron chi connectivity index (χ0n) is 19.2. The van der Waals surface area contributed by atoms with Crippen molar-refractivity contribution >= 4 is 57.0 Å². The number of benzene rings is 1. The third-order valence-corrected chi connectivity index (χ3v) is 11.8. The lowest BCUT2D eigenvalue weighted by Crippen LogP contribution is -2.43. The third kappa shape index (κ3) is 5.60. The van der Waals surface area contributed by atoms with E-state index in [2.05, 4.69) is 78.9 Å². The van der Waals surface area contributed by atoms with Gasteiger partial charge in [-0.3, -0.25) is 10.1 Å². The maximum atomic E-state index is 12.7. The number of carbonyl (C=O) groups excluding carboxylic acids is 1. The van der Waals surface area contributed by atoms with E-state index in [1.54, 1.807) is 0 Å². The average molecular weight is 521 g/mol. The first-order valence-corrected chi connectivity index (χ1v) is 14.8. The summed E-state index contributed by atoms with van der Waals surface area (Å²) in [6.45, 7) is 16.3. The van der Waals surface area contributed by atoms with Gasteiger partial charge in [0.2, 0.25) is 0 Å². The van der Waals surface area contributed by atoms with Crippen LogP contribution in [0, 0.1) is 0 Å². The molecule has 0 aliphatic carbocycles. The molecule has 0 atom stereocenters. The summed E-state index contributed by atoms with van der Waals surface area (Å²) in [4.78, 5) is 22.3. The van der Waals surface area contributed by atoms with Gasteiger partial charge in [-0.25, -0.2) is 9.97 Å². The van der Waals surface area contributed by atoms with Crippen LogP contribution < -0.4 is 5.32 Å². The van der Waals surface area contributed by atoms with Crippen molar-refractivity contribution in [1.29, 1.82) is 0 Å². The molecule has 31 heavy (non-hydrogen) atoms. The lowest BCUT2D eigenvalue weighted by molar-refractivity contribution is 0.102. The number of nitrogens with one attached hydrogen (secondary N) is 1. The number of pyridine rings is 1. The molecule has 0 bridgehead atoms. The van der Waals surface area contributed by atoms with Crippen molar-refractivity contribution in [3.63, 3.8) is 0 Å². The molecule has 0 unspecified atom stereocenters. The SMILES string of the molecule is CC(C)(CO[Si](C)(C)C(C)(C)C)c1ccc(C(=O)Nc2nc3ccc(Br)nc3s2)cc1. The van der Waals surface area contributed by atoms with Crippen LogP contribution in [-0.2, 0) is 9.84 Å². The molecular weight excluding hydrogens is 490 g/mol. The number of amides is 1. The van der Waals surface area contributed by atoms with E-state index in [9.17, 15) is 4.79 Å². The molecule has 5 nitrogen and oxygen atoms in total. The van der Waals surface area contributed by atoms with Crippen LogP contribution in [0.3, 0.4) is 0 Å². The van der Waals surface area contributed by atoms with Gasteiger partial charge in [-0.2, -0.15) is 0 Å². The number of halogens is 1. The minimum atomic E-state index is -1.82. The molecule has 3 rings (SSSR count). The fourth-order valence-corrected chi connectivity index (χ4v) is 5.17. The van der Waals surface area contributed by atoms with Crippen LogP contribution in [0.1, 0.15) is 50.5 Å². The predicted octanol–water partition coefficient (Wildman–Crippen LogP) is 7.01. The standard InChI is InChI=1S/C23H30BrN3O2SSi/c1-22(2,3)31(6,7)29-14-23(4,5)16-10-8-15(9-11-16)19(28)27-21-25-17-12-13-18(24)26-20(17)30-21/h8-13H,14H2,1-7H3,(H,25,27,28). The van der Waals surface area contributed by atoms with E-state index in [0.717, 1.165) is 20.5 Å². The molecule has 0 aliphatic rings. The number of nitrogens with zero attached hydrogens (tertiary/aromatic N) is 2. The molecule has 0 radical (unpaired) electrons. The van der Waals surface area contributed by atoms with Gasteiger partial charge in [0.1, 0.15) is 15.0 Å². The van der Waals surface area contributed by atoms with E-state index in [1.165, 1.54) is 11.3 Å². The Morgan fingerprint density at radius 2 is 1.71 bits per heavy atom. The molecule has 2 aromatic heterocycles. The Balaban J connectivity index is 1.68. The maximum Gasteiger partial charge on any atom is 0.257 e. The lowest BCUT2D eigenvalue weighted by Gasteiger charge is -2.39. The van der Waals surface area contributed by atoms with Gasteiger partial charge >= 0.3 is 0 Å². The van der Waals surface area contributed by atoms with Crippen LogP contribution in [0.5, 0.6) is 0 Å². The first kappa shape index (κ1) is 24.0. The molecule has 0 saturated carbocycles. The zero-order valence-corrected chi connectivity index (χ0v) is 22.6. The minimum absolute atomic E-state index is 0.142. The van der Waals surface area contributed by atoms with Crippen LogP contribution in [0.4, 0.5) is 5.13 Å². The topological polar surface area (TPSA) is 64.1 Å². The van der Waals surface area contributed by atoms with Crippen LogP contribution in [0.2, 0.25) is 18.1 Å². The summed E-state index contributed by atoms with van der Waals surface area (Å²) in [6.07, 6.45) is 0. The second-order valence-corrected chi connectivity index (χ2v) is 16.5. The molecule has 1 aromatic carbocycles. The predicted molar refractivity (Wildman–Crippen MR) is 136 cm³/mol. The Morgan fingerprint density at radius 3 is 2.32 bits per heavy atom. The van der Waals surface area contributed by atoms with Gasteiger partial charge in [0.05, 0.1) is 0 Å². The fraction of sp³-hybridized carbons (Fsp3) is 0.435. The molecule has 1 amide bonds. The molecule has 1 N–H and O–H groups in total. The van der Waals surface area contributed by atoms with E-state index in [0.29, 0.717) is 17.3 Å². The summed E-state index contributed by atoms with van der Waals surface area (Å²) >= 11 is 4.71. The number of rotatable bonds is 6. The summed E-state index contributed by atoms with van der Waals surface area (Å²) in [5.74, 6) is -0.181. The van der Waals surface area contributed by atoms with Crippen molar-refractivity contribution in [3.8, 4) is 0 Å². The Hall–Kier alpha value is -1.61. The molecule has 0 aliphatic heterocycles. The van der Waals surface area contributed by atoms with Gasteiger partial charge in [0, 0.05) is 17.6 Å². The first-order chi connectivity index (χ1) is 14.3. The molecule has 0 fully saturated rings. The summed E-state index contributed by atoms with van der Waals surface area (Å²) < 4.78 is 7.20. The number of anilines is 1. The molecule has 8 heteroatoms. The number of fused-ring (bicyclic) bond motifs is 1. The maximum absolute atomic E-state index is 12.7. The highest BCUT2D eigenvalue weighted by Gasteiger charge is 2.38. The van der Waals surface area contributed by atoms with Crippen LogP contribution >= 0.6 is 27.3 Å². The third-order valence-electron chi connectivity index (χ3n) is 5.97. The largest absolute Gasteiger partial charge is 0.416 e. The molecule has 2 heterocycles. The van der Waals surface area contributed by atoms with Crippen LogP contribution in [0.25, 0.3) is 10.3 Å². The van der Waals surface area contributed by atoms with Gasteiger partial charge in [-0.1, -0.05) is 58.1 Å². The second kappa shape index (κ2) is 8.73. The summed E-state index contributed by atoms with van der Waals surface area (Å²) in [7, 11) is -1.82. The van der Waals surface area contributed by atoms with Gasteiger partial charge in [0.15, 0.2) is 13.4 Å². The monoisotopic (exact) mass is 519 g/mol. The first-order valence-electron chi connectivity index (χ1n) is 10.3. The number of hydrogen-bond acceptors (Lipinski definition) is 5. The quantitative estimate of drug-likeness (QED) is 0.281. The highest BCUT2D eigenvalue weighted by atomic mass is 79.9. The van der Waals surface area contributed by atoms with Crippen molar-refractivity contribution in [1.82, 2.24) is 9.97 Å². The smallest absolute Gasteiger partial charge is 0.257 e. The zero-order chi connectivity index (χ0) is 23.0. The molecule has 0 spiro atoms. The summed E-state index contributed by atoms with van der Waals surface area (Å²) in [5.41, 5.74) is 2.37. The van der Waals surface area contributed by atoms with E-state index in [-0.39, 0.29) is 16.4 Å². The lowest BCUT2D eigenvalue weighted by atomic mass is 9.85. The number of hydrogen-bond donors (Lipinski definition) is 1. The average Bonchev–Trinajstić information content (AvgIpc) is 3.07. The normalized spacial score (nSPS) is 12.9. The number of carbonyl (C=O) groups is 1. The van der Waals surface area contributed by atoms with E-state index in [4.69, 9.17) is 4.43 Å². The Bertz CT molecular complexity index is 1090. The van der Waals surface area contributed by atoms with Crippen LogP contribution in [0.15, 0.2) is 41.0 Å². The van der Waals surface area contributed by atoms with Gasteiger partial charge in [-0.05, 0) is 63.9 Å². The van der Waals surface area contributed by atoms with Gasteiger partial charge < -0.3 is 4.43 Å². The number of aromatic nitrogens is 2. The second-order valence-electron chi connectivity index (χ2n) is 9.94. The fourth-order valence-electron chi connectivity index (χ4n) is 2.75. The molecule has 166 valence electrons. The Labute approximate surface area is 197 Å². The van der Waals surface area contributed by atoms with Crippen molar-refractivity contribution in [2.24, 2.45) is 0 Å². The van der Waals surface area contributed by atoms with Gasteiger partial charge in [0.25, 0.3) is 5.91 Å². The van der Waals surface area contributed by atoms with Gasteiger partial charge in [-0.15, -0.1) is 0 Å². The number of thiazole rings is 1.